The van der Waals surface area contributed by atoms with E-state index in [-0.39, 0.29) is 18.3 Å². The second kappa shape index (κ2) is 10.1. The fourth-order valence-electron chi connectivity index (χ4n) is 2.92. The molecule has 0 unspecified atom stereocenters. The summed E-state index contributed by atoms with van der Waals surface area (Å²) in [6.45, 7) is 5.69. The summed E-state index contributed by atoms with van der Waals surface area (Å²) in [5, 5.41) is 7.01. The van der Waals surface area contributed by atoms with Crippen LogP contribution in [0.4, 0.5) is 0 Å². The topological polar surface area (TPSA) is 50.4 Å². The molecule has 1 aliphatic rings. The minimum absolute atomic E-state index is 0. The second-order valence-corrected chi connectivity index (χ2v) is 6.09. The Morgan fingerprint density at radius 2 is 1.91 bits per heavy atom. The molecule has 1 amide bonds. The molecule has 2 rings (SSSR count). The number of hydrogen-bond acceptors (Lipinski definition) is 3. The van der Waals surface area contributed by atoms with Gasteiger partial charge in [-0.15, -0.1) is 12.4 Å². The van der Waals surface area contributed by atoms with Crippen LogP contribution in [0, 0.1) is 0 Å². The molecule has 2 N–H and O–H groups in total. The van der Waals surface area contributed by atoms with E-state index in [1.54, 1.807) is 0 Å². The van der Waals surface area contributed by atoms with Gasteiger partial charge in [-0.25, -0.2) is 0 Å². The SMILES string of the molecule is CCCNCCNC(=O)C1(c2ccccc2Cl)CCOCC1.Cl. The molecule has 1 heterocycles. The summed E-state index contributed by atoms with van der Waals surface area (Å²) >= 11 is 6.36. The van der Waals surface area contributed by atoms with E-state index in [9.17, 15) is 4.79 Å². The molecule has 0 spiro atoms. The van der Waals surface area contributed by atoms with Gasteiger partial charge in [0, 0.05) is 31.3 Å². The summed E-state index contributed by atoms with van der Waals surface area (Å²) in [6.07, 6.45) is 2.44. The molecule has 23 heavy (non-hydrogen) atoms. The first-order chi connectivity index (χ1) is 10.7. The van der Waals surface area contributed by atoms with Gasteiger partial charge in [0.2, 0.25) is 5.91 Å². The summed E-state index contributed by atoms with van der Waals surface area (Å²) in [7, 11) is 0. The maximum absolute atomic E-state index is 12.9. The number of halogens is 2. The van der Waals surface area contributed by atoms with Crippen LogP contribution in [0.3, 0.4) is 0 Å². The Kier molecular flexibility index (Phi) is 8.92. The molecule has 0 bridgehead atoms. The first kappa shape index (κ1) is 20.2. The smallest absolute Gasteiger partial charge is 0.230 e. The van der Waals surface area contributed by atoms with Crippen LogP contribution in [0.2, 0.25) is 5.02 Å². The number of rotatable bonds is 7. The van der Waals surface area contributed by atoms with Crippen molar-refractivity contribution in [1.82, 2.24) is 10.6 Å². The van der Waals surface area contributed by atoms with E-state index in [4.69, 9.17) is 16.3 Å². The minimum atomic E-state index is -0.568. The van der Waals surface area contributed by atoms with Crippen LogP contribution in [0.5, 0.6) is 0 Å². The van der Waals surface area contributed by atoms with Gasteiger partial charge >= 0.3 is 0 Å². The molecule has 1 aromatic rings. The van der Waals surface area contributed by atoms with Crippen LogP contribution >= 0.6 is 24.0 Å². The van der Waals surface area contributed by atoms with E-state index in [0.717, 1.165) is 25.1 Å². The van der Waals surface area contributed by atoms with Crippen LogP contribution in [-0.4, -0.2) is 38.8 Å². The average molecular weight is 361 g/mol. The van der Waals surface area contributed by atoms with Gasteiger partial charge in [0.25, 0.3) is 0 Å². The fourth-order valence-corrected chi connectivity index (χ4v) is 3.24. The molecule has 0 atom stereocenters. The van der Waals surface area contributed by atoms with Gasteiger partial charge in [-0.2, -0.15) is 0 Å². The third kappa shape index (κ3) is 5.08. The molecule has 0 aliphatic carbocycles. The van der Waals surface area contributed by atoms with Crippen molar-refractivity contribution in [2.45, 2.75) is 31.6 Å². The standard InChI is InChI=1S/C17H25ClN2O2.ClH/c1-2-9-19-10-11-20-16(21)17(7-12-22-13-8-17)14-5-3-4-6-15(14)18;/h3-6,19H,2,7-13H2,1H3,(H,20,21);1H. The lowest BCUT2D eigenvalue weighted by Crippen LogP contribution is -2.49. The van der Waals surface area contributed by atoms with Crippen LogP contribution in [0.15, 0.2) is 24.3 Å². The summed E-state index contributed by atoms with van der Waals surface area (Å²) in [4.78, 5) is 12.9. The fraction of sp³-hybridized carbons (Fsp3) is 0.588. The molecular weight excluding hydrogens is 335 g/mol. The average Bonchev–Trinajstić information content (AvgIpc) is 2.55. The van der Waals surface area contributed by atoms with Crippen LogP contribution < -0.4 is 10.6 Å². The maximum Gasteiger partial charge on any atom is 0.230 e. The summed E-state index contributed by atoms with van der Waals surface area (Å²) in [5.41, 5.74) is 0.348. The Labute approximate surface area is 149 Å². The lowest BCUT2D eigenvalue weighted by molar-refractivity contribution is -0.130. The van der Waals surface area contributed by atoms with Crippen LogP contribution in [0.25, 0.3) is 0 Å². The molecule has 0 radical (unpaired) electrons. The molecule has 1 aliphatic heterocycles. The van der Waals surface area contributed by atoms with Gasteiger partial charge in [-0.05, 0) is 37.4 Å². The van der Waals surface area contributed by atoms with Gasteiger partial charge in [0.05, 0.1) is 5.41 Å². The quantitative estimate of drug-likeness (QED) is 0.735. The van der Waals surface area contributed by atoms with Crippen molar-refractivity contribution in [3.63, 3.8) is 0 Å². The normalized spacial score (nSPS) is 16.4. The van der Waals surface area contributed by atoms with E-state index in [0.29, 0.717) is 37.6 Å². The first-order valence-electron chi connectivity index (χ1n) is 8.02. The largest absolute Gasteiger partial charge is 0.381 e. The van der Waals surface area contributed by atoms with Crippen molar-refractivity contribution in [3.05, 3.63) is 34.9 Å². The zero-order valence-electron chi connectivity index (χ0n) is 13.6. The lowest BCUT2D eigenvalue weighted by atomic mass is 9.73. The number of carbonyl (C=O) groups excluding carboxylic acids is 1. The summed E-state index contributed by atoms with van der Waals surface area (Å²) < 4.78 is 5.46. The number of hydrogen-bond donors (Lipinski definition) is 2. The molecule has 1 aromatic carbocycles. The molecule has 4 nitrogen and oxygen atoms in total. The lowest BCUT2D eigenvalue weighted by Gasteiger charge is -2.36. The molecule has 0 saturated carbocycles. The van der Waals surface area contributed by atoms with Crippen molar-refractivity contribution >= 4 is 29.9 Å². The molecule has 0 aromatic heterocycles. The number of nitrogens with one attached hydrogen (secondary N) is 2. The van der Waals surface area contributed by atoms with Crippen molar-refractivity contribution < 1.29 is 9.53 Å². The molecule has 1 saturated heterocycles. The highest BCUT2D eigenvalue weighted by molar-refractivity contribution is 6.31. The van der Waals surface area contributed by atoms with Crippen molar-refractivity contribution in [2.75, 3.05) is 32.8 Å². The number of amides is 1. The number of carbonyl (C=O) groups is 1. The third-order valence-corrected chi connectivity index (χ3v) is 4.51. The third-order valence-electron chi connectivity index (χ3n) is 4.18. The molecule has 1 fully saturated rings. The highest BCUT2D eigenvalue weighted by Gasteiger charge is 2.42. The number of benzene rings is 1. The summed E-state index contributed by atoms with van der Waals surface area (Å²) in [6, 6.07) is 7.65. The Morgan fingerprint density at radius 1 is 1.22 bits per heavy atom. The first-order valence-corrected chi connectivity index (χ1v) is 8.40. The predicted molar refractivity (Wildman–Crippen MR) is 96.6 cm³/mol. The van der Waals surface area contributed by atoms with Crippen LogP contribution in [-0.2, 0) is 14.9 Å². The highest BCUT2D eigenvalue weighted by Crippen LogP contribution is 2.38. The molecule has 6 heteroatoms. The Hall–Kier alpha value is -0.810. The van der Waals surface area contributed by atoms with Gasteiger partial charge in [-0.1, -0.05) is 36.7 Å². The van der Waals surface area contributed by atoms with Crippen molar-refractivity contribution in [2.24, 2.45) is 0 Å². The minimum Gasteiger partial charge on any atom is -0.381 e. The summed E-state index contributed by atoms with van der Waals surface area (Å²) in [5.74, 6) is 0.0576. The molecular formula is C17H26Cl2N2O2. The zero-order chi connectivity index (χ0) is 15.8. The zero-order valence-corrected chi connectivity index (χ0v) is 15.1. The van der Waals surface area contributed by atoms with E-state index in [1.165, 1.54) is 0 Å². The highest BCUT2D eigenvalue weighted by atomic mass is 35.5. The van der Waals surface area contributed by atoms with E-state index < -0.39 is 5.41 Å². The molecule has 130 valence electrons. The predicted octanol–water partition coefficient (Wildman–Crippen LogP) is 2.93. The Morgan fingerprint density at radius 3 is 2.57 bits per heavy atom. The van der Waals surface area contributed by atoms with Crippen molar-refractivity contribution in [3.8, 4) is 0 Å². The van der Waals surface area contributed by atoms with E-state index >= 15 is 0 Å². The van der Waals surface area contributed by atoms with Crippen molar-refractivity contribution in [1.29, 1.82) is 0 Å². The van der Waals surface area contributed by atoms with Gasteiger partial charge in [0.15, 0.2) is 0 Å². The van der Waals surface area contributed by atoms with Gasteiger partial charge in [0.1, 0.15) is 0 Å². The maximum atomic E-state index is 12.9. The van der Waals surface area contributed by atoms with Crippen LogP contribution in [0.1, 0.15) is 31.7 Å². The monoisotopic (exact) mass is 360 g/mol. The van der Waals surface area contributed by atoms with E-state index in [2.05, 4.69) is 17.6 Å². The number of ether oxygens (including phenoxy) is 1. The second-order valence-electron chi connectivity index (χ2n) is 5.68. The van der Waals surface area contributed by atoms with Gasteiger partial charge < -0.3 is 15.4 Å². The Bertz CT molecular complexity index is 491. The van der Waals surface area contributed by atoms with E-state index in [1.807, 2.05) is 24.3 Å². The van der Waals surface area contributed by atoms with Gasteiger partial charge in [-0.3, -0.25) is 4.79 Å². The Balaban J connectivity index is 0.00000264.